The summed E-state index contributed by atoms with van der Waals surface area (Å²) >= 11 is 0. The molecule has 256 valence electrons. The van der Waals surface area contributed by atoms with E-state index in [1.54, 1.807) is 6.08 Å². The van der Waals surface area contributed by atoms with E-state index in [2.05, 4.69) is 92.1 Å². The van der Waals surface area contributed by atoms with Crippen LogP contribution in [-0.4, -0.2) is 34.9 Å². The fourth-order valence-electron chi connectivity index (χ4n) is 4.82. The number of amides is 1. The molecule has 0 aromatic rings. The van der Waals surface area contributed by atoms with Crippen molar-refractivity contribution in [3.8, 4) is 0 Å². The lowest BCUT2D eigenvalue weighted by atomic mass is 10.1. The molecule has 0 fully saturated rings. The predicted octanol–water partition coefficient (Wildman–Crippen LogP) is 10.9. The van der Waals surface area contributed by atoms with Gasteiger partial charge in [-0.2, -0.15) is 0 Å². The molecule has 0 aliphatic heterocycles. The van der Waals surface area contributed by atoms with E-state index in [0.717, 1.165) is 77.0 Å². The molecule has 4 nitrogen and oxygen atoms in total. The highest BCUT2D eigenvalue weighted by Gasteiger charge is 2.17. The van der Waals surface area contributed by atoms with Crippen molar-refractivity contribution in [3.05, 3.63) is 85.1 Å². The molecule has 4 heteroatoms. The summed E-state index contributed by atoms with van der Waals surface area (Å²) in [6, 6.07) is -0.627. The summed E-state index contributed by atoms with van der Waals surface area (Å²) in [7, 11) is 0. The maximum absolute atomic E-state index is 12.2. The number of allylic oxidation sites excluding steroid dienone is 13. The number of carbonyl (C=O) groups is 1. The quantitative estimate of drug-likeness (QED) is 0.0531. The average molecular weight is 624 g/mol. The normalized spacial score (nSPS) is 14.1. The molecule has 0 heterocycles. The van der Waals surface area contributed by atoms with Crippen LogP contribution in [0.25, 0.3) is 0 Å². The van der Waals surface area contributed by atoms with Crippen molar-refractivity contribution in [2.24, 2.45) is 0 Å². The highest BCUT2D eigenvalue weighted by atomic mass is 16.3. The molecule has 0 spiro atoms. The second kappa shape index (κ2) is 36.0. The van der Waals surface area contributed by atoms with Gasteiger partial charge < -0.3 is 15.5 Å². The molecule has 0 aliphatic carbocycles. The van der Waals surface area contributed by atoms with Crippen molar-refractivity contribution in [2.45, 2.75) is 161 Å². The van der Waals surface area contributed by atoms with E-state index in [-0.39, 0.29) is 12.5 Å². The van der Waals surface area contributed by atoms with Gasteiger partial charge in [-0.15, -0.1) is 0 Å². The van der Waals surface area contributed by atoms with Crippen LogP contribution in [0.3, 0.4) is 0 Å². The Kier molecular flexibility index (Phi) is 34.1. The van der Waals surface area contributed by atoms with Gasteiger partial charge in [0.15, 0.2) is 0 Å². The van der Waals surface area contributed by atoms with Crippen LogP contribution < -0.4 is 5.32 Å². The van der Waals surface area contributed by atoms with Crippen LogP contribution in [0.1, 0.15) is 149 Å². The van der Waals surface area contributed by atoms with Crippen LogP contribution in [0.15, 0.2) is 85.1 Å². The van der Waals surface area contributed by atoms with Gasteiger partial charge in [-0.3, -0.25) is 4.79 Å². The molecule has 2 atom stereocenters. The molecule has 0 bridgehead atoms. The van der Waals surface area contributed by atoms with Gasteiger partial charge in [0.25, 0.3) is 0 Å². The summed E-state index contributed by atoms with van der Waals surface area (Å²) in [5, 5.41) is 22.6. The van der Waals surface area contributed by atoms with Crippen LogP contribution in [-0.2, 0) is 4.79 Å². The molecule has 0 rings (SSSR count). The van der Waals surface area contributed by atoms with Crippen molar-refractivity contribution in [1.82, 2.24) is 5.32 Å². The van der Waals surface area contributed by atoms with Gasteiger partial charge in [0.2, 0.25) is 5.91 Å². The van der Waals surface area contributed by atoms with Gasteiger partial charge in [0.05, 0.1) is 18.8 Å². The number of hydrogen-bond acceptors (Lipinski definition) is 3. The SMILES string of the molecule is CC/C=C\C/C=C\C/C=C\C/C=C\C/C=C\C/C=C\CCCCCCCCCCC(=O)NC(CO)C(O)/C=C/CCCCCC. The topological polar surface area (TPSA) is 69.6 Å². The van der Waals surface area contributed by atoms with Crippen molar-refractivity contribution in [2.75, 3.05) is 6.61 Å². The second-order valence-corrected chi connectivity index (χ2v) is 11.9. The number of carbonyl (C=O) groups excluding carboxylic acids is 1. The lowest BCUT2D eigenvalue weighted by Gasteiger charge is -2.20. The molecule has 0 saturated carbocycles. The van der Waals surface area contributed by atoms with Gasteiger partial charge in [0.1, 0.15) is 0 Å². The number of rotatable bonds is 31. The van der Waals surface area contributed by atoms with Crippen molar-refractivity contribution >= 4 is 5.91 Å². The van der Waals surface area contributed by atoms with E-state index in [1.807, 2.05) is 6.08 Å². The Bertz CT molecular complexity index is 849. The lowest BCUT2D eigenvalue weighted by Crippen LogP contribution is -2.45. The van der Waals surface area contributed by atoms with E-state index < -0.39 is 12.1 Å². The Hall–Kier alpha value is -2.43. The van der Waals surface area contributed by atoms with E-state index >= 15 is 0 Å². The Morgan fingerprint density at radius 3 is 1.47 bits per heavy atom. The molecule has 1 amide bonds. The summed E-state index contributed by atoms with van der Waals surface area (Å²) in [5.41, 5.74) is 0. The number of nitrogens with one attached hydrogen (secondary N) is 1. The molecular formula is C41H69NO3. The molecule has 3 N–H and O–H groups in total. The number of unbranched alkanes of at least 4 members (excludes halogenated alkanes) is 12. The summed E-state index contributed by atoms with van der Waals surface area (Å²) in [5.74, 6) is -0.0844. The van der Waals surface area contributed by atoms with Gasteiger partial charge in [0, 0.05) is 6.42 Å². The molecule has 0 aliphatic rings. The van der Waals surface area contributed by atoms with Crippen LogP contribution in [0.4, 0.5) is 0 Å². The zero-order valence-corrected chi connectivity index (χ0v) is 29.1. The minimum atomic E-state index is -0.843. The first-order valence-electron chi connectivity index (χ1n) is 18.3. The number of aliphatic hydroxyl groups is 2. The highest BCUT2D eigenvalue weighted by molar-refractivity contribution is 5.76. The summed E-state index contributed by atoms with van der Waals surface area (Å²) in [6.45, 7) is 4.09. The lowest BCUT2D eigenvalue weighted by molar-refractivity contribution is -0.123. The van der Waals surface area contributed by atoms with Crippen molar-refractivity contribution < 1.29 is 15.0 Å². The Morgan fingerprint density at radius 2 is 0.978 bits per heavy atom. The third-order valence-electron chi connectivity index (χ3n) is 7.63. The smallest absolute Gasteiger partial charge is 0.220 e. The van der Waals surface area contributed by atoms with Crippen molar-refractivity contribution in [1.29, 1.82) is 0 Å². The largest absolute Gasteiger partial charge is 0.394 e. The summed E-state index contributed by atoms with van der Waals surface area (Å²) < 4.78 is 0. The maximum Gasteiger partial charge on any atom is 0.220 e. The third-order valence-corrected chi connectivity index (χ3v) is 7.63. The first-order chi connectivity index (χ1) is 22.2. The Balaban J connectivity index is 3.61. The van der Waals surface area contributed by atoms with Gasteiger partial charge >= 0.3 is 0 Å². The Morgan fingerprint density at radius 1 is 0.556 bits per heavy atom. The minimum absolute atomic E-state index is 0.0844. The van der Waals surface area contributed by atoms with Gasteiger partial charge in [-0.05, 0) is 70.6 Å². The average Bonchev–Trinajstić information content (AvgIpc) is 3.04. The van der Waals surface area contributed by atoms with Gasteiger partial charge in [-0.1, -0.05) is 157 Å². The molecule has 0 aromatic heterocycles. The van der Waals surface area contributed by atoms with E-state index in [1.165, 1.54) is 51.4 Å². The van der Waals surface area contributed by atoms with Crippen LogP contribution >= 0.6 is 0 Å². The first-order valence-corrected chi connectivity index (χ1v) is 18.3. The monoisotopic (exact) mass is 624 g/mol. The predicted molar refractivity (Wildman–Crippen MR) is 197 cm³/mol. The Labute approximate surface area is 278 Å². The standard InChI is InChI=1S/C41H69NO3/c1-3-5-7-9-11-12-13-14-15-16-17-18-19-20-21-22-23-24-25-26-27-28-29-30-31-33-35-37-41(45)42-39(38-43)40(44)36-34-32-10-8-6-4-2/h5,7,11-12,14-15,17-18,20-21,23-24,34,36,39-40,43-44H,3-4,6,8-10,13,16,19,22,25-33,35,37-38H2,1-2H3,(H,42,45)/b7-5-,12-11-,15-14-,18-17-,21-20-,24-23-,36-34+. The number of aliphatic hydroxyl groups excluding tert-OH is 2. The second-order valence-electron chi connectivity index (χ2n) is 11.9. The fraction of sp³-hybridized carbons (Fsp3) is 0.634. The van der Waals surface area contributed by atoms with E-state index in [4.69, 9.17) is 0 Å². The molecular weight excluding hydrogens is 554 g/mol. The van der Waals surface area contributed by atoms with Gasteiger partial charge in [-0.25, -0.2) is 0 Å². The summed E-state index contributed by atoms with van der Waals surface area (Å²) in [6.07, 6.45) is 52.6. The van der Waals surface area contributed by atoms with Crippen LogP contribution in [0, 0.1) is 0 Å². The van der Waals surface area contributed by atoms with Crippen LogP contribution in [0.2, 0.25) is 0 Å². The fourth-order valence-corrected chi connectivity index (χ4v) is 4.82. The zero-order valence-electron chi connectivity index (χ0n) is 29.1. The molecule has 0 saturated heterocycles. The number of hydrogen-bond donors (Lipinski definition) is 3. The zero-order chi connectivity index (χ0) is 32.9. The molecule has 45 heavy (non-hydrogen) atoms. The first kappa shape index (κ1) is 42.6. The molecule has 2 unspecified atom stereocenters. The van der Waals surface area contributed by atoms with E-state index in [0.29, 0.717) is 6.42 Å². The van der Waals surface area contributed by atoms with E-state index in [9.17, 15) is 15.0 Å². The molecule has 0 aromatic carbocycles. The highest BCUT2D eigenvalue weighted by Crippen LogP contribution is 2.11. The van der Waals surface area contributed by atoms with Crippen LogP contribution in [0.5, 0.6) is 0 Å². The molecule has 0 radical (unpaired) electrons. The van der Waals surface area contributed by atoms with Crippen molar-refractivity contribution in [3.63, 3.8) is 0 Å². The maximum atomic E-state index is 12.2. The minimum Gasteiger partial charge on any atom is -0.394 e. The summed E-state index contributed by atoms with van der Waals surface area (Å²) in [4.78, 5) is 12.2. The third kappa shape index (κ3) is 32.8.